The van der Waals surface area contributed by atoms with Crippen molar-refractivity contribution in [3.63, 3.8) is 0 Å². The zero-order valence-electron chi connectivity index (χ0n) is 39.1. The normalized spacial score (nSPS) is 12.4. The van der Waals surface area contributed by atoms with Crippen LogP contribution in [0.4, 0.5) is 0 Å². The van der Waals surface area contributed by atoms with Crippen LogP contribution in [0.3, 0.4) is 0 Å². The summed E-state index contributed by atoms with van der Waals surface area (Å²) < 4.78 is 16.2. The topological polar surface area (TPSA) is 78.9 Å². The molecule has 0 saturated carbocycles. The van der Waals surface area contributed by atoms with Crippen LogP contribution < -0.4 is 0 Å². The lowest BCUT2D eigenvalue weighted by Crippen LogP contribution is -2.34. The van der Waals surface area contributed by atoms with Crippen molar-refractivity contribution < 1.29 is 28.3 Å². The average molecular weight is 843 g/mol. The molecule has 0 unspecified atom stereocenters. The van der Waals surface area contributed by atoms with Crippen LogP contribution in [0.25, 0.3) is 0 Å². The molecular weight excluding hydrogens is 755 g/mol. The molecule has 0 spiro atoms. The fraction of sp³-hybridized carbons (Fsp3) is 0.611. The van der Waals surface area contributed by atoms with Crippen LogP contribution in [0.15, 0.2) is 109 Å². The van der Waals surface area contributed by atoms with Crippen molar-refractivity contribution in [2.75, 3.05) is 0 Å². The van der Waals surface area contributed by atoms with Crippen molar-refractivity contribution in [1.82, 2.24) is 0 Å². The van der Waals surface area contributed by atoms with Gasteiger partial charge >= 0.3 is 7.32 Å². The van der Waals surface area contributed by atoms with E-state index in [4.69, 9.17) is 14.0 Å². The molecule has 0 aliphatic carbocycles. The molecule has 0 fully saturated rings. The van der Waals surface area contributed by atoms with Crippen molar-refractivity contribution in [2.45, 2.75) is 213 Å². The average Bonchev–Trinajstić information content (AvgIpc) is 3.25. The van der Waals surface area contributed by atoms with Crippen molar-refractivity contribution >= 4 is 25.2 Å². The highest BCUT2D eigenvalue weighted by atomic mass is 16.8. The van der Waals surface area contributed by atoms with E-state index in [1.807, 2.05) is 0 Å². The lowest BCUT2D eigenvalue weighted by Gasteiger charge is -2.14. The van der Waals surface area contributed by atoms with Crippen LogP contribution in [-0.4, -0.2) is 25.2 Å². The SMILES string of the molecule is CC/C=C\C/C=C\C/C=C\CCCCCCCC(=O)OB(OC(=O)CCCCCCC/C=C\C/C=C\C/C=C\CC)OC(=O)CCCCCCC/C=C\C/C=C\C/C=C\CC. The van der Waals surface area contributed by atoms with Gasteiger partial charge in [0, 0.05) is 19.3 Å². The number of hydrogen-bond donors (Lipinski definition) is 0. The maximum atomic E-state index is 12.7. The quantitative estimate of drug-likeness (QED) is 0.0346. The first-order chi connectivity index (χ1) is 30.0. The molecule has 0 aromatic rings. The zero-order chi connectivity index (χ0) is 44.4. The number of carbonyl (C=O) groups is 3. The standard InChI is InChI=1S/C54H87BO6/c1-4-7-10-13-16-19-22-25-28-31-34-37-40-43-46-49-52(56)59-55(60-53(57)50-47-44-41-38-35-32-29-26-23-20-17-14-11-8-5-2)61-54(58)51-48-45-42-39-36-33-30-27-24-21-18-15-12-9-6-3/h7-12,16-21,25-30H,4-6,13-15,22-24,31-51H2,1-3H3/b10-7-,11-8-,12-9-,19-16-,20-17-,21-18-,28-25-,29-26-,30-27-. The minimum Gasteiger partial charge on any atom is -0.462 e. The highest BCUT2D eigenvalue weighted by Gasteiger charge is 2.36. The van der Waals surface area contributed by atoms with Gasteiger partial charge in [-0.3, -0.25) is 14.4 Å². The maximum Gasteiger partial charge on any atom is 0.870 e. The summed E-state index contributed by atoms with van der Waals surface area (Å²) in [5.74, 6) is -1.56. The van der Waals surface area contributed by atoms with Crippen LogP contribution in [-0.2, 0) is 28.3 Å². The third kappa shape index (κ3) is 47.0. The molecule has 0 aromatic carbocycles. The molecule has 0 radical (unpaired) electrons. The van der Waals surface area contributed by atoms with Crippen LogP contribution in [0.5, 0.6) is 0 Å². The number of carbonyl (C=O) groups excluding carboxylic acids is 3. The van der Waals surface area contributed by atoms with Gasteiger partial charge in [0.2, 0.25) is 0 Å². The minimum atomic E-state index is -1.63. The van der Waals surface area contributed by atoms with Gasteiger partial charge in [0.1, 0.15) is 0 Å². The Bertz CT molecular complexity index is 1140. The second-order valence-electron chi connectivity index (χ2n) is 15.6. The highest BCUT2D eigenvalue weighted by Crippen LogP contribution is 2.13. The third-order valence-corrected chi connectivity index (χ3v) is 9.78. The Balaban J connectivity index is 4.53. The molecule has 0 aliphatic heterocycles. The molecule has 0 aromatic heterocycles. The van der Waals surface area contributed by atoms with Gasteiger partial charge < -0.3 is 14.0 Å². The smallest absolute Gasteiger partial charge is 0.462 e. The summed E-state index contributed by atoms with van der Waals surface area (Å²) in [4.78, 5) is 38.2. The van der Waals surface area contributed by atoms with Crippen molar-refractivity contribution in [1.29, 1.82) is 0 Å². The number of rotatable bonds is 42. The predicted octanol–water partition coefficient (Wildman–Crippen LogP) is 16.4. The fourth-order valence-corrected chi connectivity index (χ4v) is 6.24. The molecule has 0 saturated heterocycles. The Hall–Kier alpha value is -3.87. The molecular formula is C54H87BO6. The number of allylic oxidation sites excluding steroid dienone is 18. The van der Waals surface area contributed by atoms with Crippen molar-refractivity contribution in [3.05, 3.63) is 109 Å². The van der Waals surface area contributed by atoms with Gasteiger partial charge in [0.25, 0.3) is 17.9 Å². The largest absolute Gasteiger partial charge is 0.870 e. The van der Waals surface area contributed by atoms with Crippen molar-refractivity contribution in [3.8, 4) is 0 Å². The Morgan fingerprint density at radius 1 is 0.295 bits per heavy atom. The summed E-state index contributed by atoms with van der Waals surface area (Å²) in [6.07, 6.45) is 67.2. The van der Waals surface area contributed by atoms with Gasteiger partial charge in [-0.2, -0.15) is 0 Å². The lowest BCUT2D eigenvalue weighted by atomic mass is 10.1. The van der Waals surface area contributed by atoms with Gasteiger partial charge in [-0.15, -0.1) is 0 Å². The number of unbranched alkanes of at least 4 members (excludes halogenated alkanes) is 15. The Morgan fingerprint density at radius 3 is 0.770 bits per heavy atom. The first-order valence-corrected chi connectivity index (χ1v) is 24.5. The van der Waals surface area contributed by atoms with E-state index >= 15 is 0 Å². The predicted molar refractivity (Wildman–Crippen MR) is 262 cm³/mol. The van der Waals surface area contributed by atoms with Gasteiger partial charge in [-0.1, -0.05) is 188 Å². The summed E-state index contributed by atoms with van der Waals surface area (Å²) in [5.41, 5.74) is 0. The summed E-state index contributed by atoms with van der Waals surface area (Å²) in [6, 6.07) is 0. The first kappa shape index (κ1) is 57.1. The van der Waals surface area contributed by atoms with Crippen LogP contribution in [0.2, 0.25) is 0 Å². The molecule has 6 nitrogen and oxygen atoms in total. The van der Waals surface area contributed by atoms with Gasteiger partial charge in [0.05, 0.1) is 0 Å². The zero-order valence-corrected chi connectivity index (χ0v) is 39.1. The highest BCUT2D eigenvalue weighted by molar-refractivity contribution is 6.44. The van der Waals surface area contributed by atoms with E-state index < -0.39 is 25.2 Å². The molecule has 0 N–H and O–H groups in total. The maximum absolute atomic E-state index is 12.7. The molecule has 0 aliphatic rings. The van der Waals surface area contributed by atoms with Crippen molar-refractivity contribution in [2.24, 2.45) is 0 Å². The Labute approximate surface area is 375 Å². The summed E-state index contributed by atoms with van der Waals surface area (Å²) in [7, 11) is -1.63. The molecule has 0 atom stereocenters. The number of hydrogen-bond acceptors (Lipinski definition) is 6. The van der Waals surface area contributed by atoms with E-state index in [1.165, 1.54) is 0 Å². The van der Waals surface area contributed by atoms with E-state index in [2.05, 4.69) is 130 Å². The Morgan fingerprint density at radius 2 is 0.508 bits per heavy atom. The summed E-state index contributed by atoms with van der Waals surface area (Å²) >= 11 is 0. The molecule has 342 valence electrons. The second kappa shape index (κ2) is 48.8. The minimum absolute atomic E-state index is 0.191. The first-order valence-electron chi connectivity index (χ1n) is 24.5. The van der Waals surface area contributed by atoms with Gasteiger partial charge in [0.15, 0.2) is 0 Å². The molecule has 7 heteroatoms. The lowest BCUT2D eigenvalue weighted by molar-refractivity contribution is -0.148. The van der Waals surface area contributed by atoms with Gasteiger partial charge in [-0.25, -0.2) is 0 Å². The molecule has 0 rings (SSSR count). The molecule has 0 heterocycles. The van der Waals surface area contributed by atoms with E-state index in [0.29, 0.717) is 19.3 Å². The monoisotopic (exact) mass is 843 g/mol. The van der Waals surface area contributed by atoms with E-state index in [0.717, 1.165) is 154 Å². The van der Waals surface area contributed by atoms with E-state index in [9.17, 15) is 14.4 Å². The van der Waals surface area contributed by atoms with E-state index in [1.54, 1.807) is 0 Å². The third-order valence-electron chi connectivity index (χ3n) is 9.78. The molecule has 0 amide bonds. The molecule has 0 bridgehead atoms. The fourth-order valence-electron chi connectivity index (χ4n) is 6.24. The van der Waals surface area contributed by atoms with E-state index in [-0.39, 0.29) is 19.3 Å². The van der Waals surface area contributed by atoms with Crippen LogP contribution in [0.1, 0.15) is 213 Å². The summed E-state index contributed by atoms with van der Waals surface area (Å²) in [6.45, 7) is 6.44. The van der Waals surface area contributed by atoms with Crippen LogP contribution >= 0.6 is 0 Å². The second-order valence-corrected chi connectivity index (χ2v) is 15.6. The van der Waals surface area contributed by atoms with Crippen LogP contribution in [0, 0.1) is 0 Å². The summed E-state index contributed by atoms with van der Waals surface area (Å²) in [5, 5.41) is 0. The molecule has 61 heavy (non-hydrogen) atoms. The van der Waals surface area contributed by atoms with Gasteiger partial charge in [-0.05, 0) is 116 Å². The Kier molecular flexibility index (Phi) is 45.7.